The van der Waals surface area contributed by atoms with Gasteiger partial charge in [0.15, 0.2) is 0 Å². The van der Waals surface area contributed by atoms with Crippen LogP contribution in [-0.4, -0.2) is 43.5 Å². The molecule has 0 unspecified atom stereocenters. The van der Waals surface area contributed by atoms with E-state index in [-0.39, 0.29) is 5.91 Å². The van der Waals surface area contributed by atoms with Gasteiger partial charge in [-0.1, -0.05) is 30.1 Å². The summed E-state index contributed by atoms with van der Waals surface area (Å²) in [7, 11) is 0. The molecule has 26 heavy (non-hydrogen) atoms. The summed E-state index contributed by atoms with van der Waals surface area (Å²) in [6, 6.07) is 10.9. The van der Waals surface area contributed by atoms with Crippen molar-refractivity contribution in [2.24, 2.45) is 0 Å². The highest BCUT2D eigenvalue weighted by Crippen LogP contribution is 2.26. The minimum Gasteiger partial charge on any atom is -0.369 e. The molecule has 0 spiro atoms. The first-order valence-electron chi connectivity index (χ1n) is 8.82. The zero-order valence-electron chi connectivity index (χ0n) is 15.1. The minimum atomic E-state index is -0.263. The van der Waals surface area contributed by atoms with Crippen molar-refractivity contribution in [3.63, 3.8) is 0 Å². The lowest BCUT2D eigenvalue weighted by molar-refractivity contribution is 0.102. The summed E-state index contributed by atoms with van der Waals surface area (Å²) in [5, 5.41) is 3.77. The summed E-state index contributed by atoms with van der Waals surface area (Å²) in [6.45, 7) is 9.60. The second-order valence-electron chi connectivity index (χ2n) is 6.50. The van der Waals surface area contributed by atoms with Crippen LogP contribution in [0.3, 0.4) is 0 Å². The molecule has 0 atom stereocenters. The normalized spacial score (nSPS) is 15.2. The van der Waals surface area contributed by atoms with Crippen molar-refractivity contribution < 1.29 is 4.79 Å². The maximum Gasteiger partial charge on any atom is 0.257 e. The molecule has 0 bridgehead atoms. The number of rotatable bonds is 4. The highest BCUT2D eigenvalue weighted by molar-refractivity contribution is 6.36. The Morgan fingerprint density at radius 3 is 2.46 bits per heavy atom. The lowest BCUT2D eigenvalue weighted by atomic mass is 10.1. The second kappa shape index (κ2) is 8.30. The number of halogens is 2. The second-order valence-corrected chi connectivity index (χ2v) is 7.34. The van der Waals surface area contributed by atoms with Crippen LogP contribution in [0.25, 0.3) is 0 Å². The molecule has 138 valence electrons. The van der Waals surface area contributed by atoms with Crippen LogP contribution < -0.4 is 10.2 Å². The fourth-order valence-electron chi connectivity index (χ4n) is 3.26. The van der Waals surface area contributed by atoms with Gasteiger partial charge in [-0.15, -0.1) is 0 Å². The number of aryl methyl sites for hydroxylation is 1. The van der Waals surface area contributed by atoms with Crippen molar-refractivity contribution in [1.29, 1.82) is 0 Å². The number of benzene rings is 2. The average molecular weight is 392 g/mol. The number of likely N-dealkylation sites (N-methyl/N-ethyl adjacent to an activating group) is 1. The Hall–Kier alpha value is -1.75. The number of nitrogens with one attached hydrogen (secondary N) is 1. The first-order valence-corrected chi connectivity index (χ1v) is 9.58. The van der Waals surface area contributed by atoms with E-state index >= 15 is 0 Å². The molecule has 3 rings (SSSR count). The molecule has 1 saturated heterocycles. The van der Waals surface area contributed by atoms with Gasteiger partial charge in [0.1, 0.15) is 0 Å². The monoisotopic (exact) mass is 391 g/mol. The predicted molar refractivity (Wildman–Crippen MR) is 110 cm³/mol. The van der Waals surface area contributed by atoms with Gasteiger partial charge < -0.3 is 15.1 Å². The Balaban J connectivity index is 1.71. The summed E-state index contributed by atoms with van der Waals surface area (Å²) < 4.78 is 0. The molecule has 0 saturated carbocycles. The van der Waals surface area contributed by atoms with Crippen LogP contribution in [0.5, 0.6) is 0 Å². The molecule has 1 N–H and O–H groups in total. The maximum absolute atomic E-state index is 12.5. The fourth-order valence-corrected chi connectivity index (χ4v) is 3.64. The molecule has 2 aromatic rings. The molecule has 1 heterocycles. The first kappa shape index (κ1) is 19.0. The highest BCUT2D eigenvalue weighted by Gasteiger charge is 2.18. The third-order valence-corrected chi connectivity index (χ3v) is 5.35. The first-order chi connectivity index (χ1) is 12.5. The van der Waals surface area contributed by atoms with E-state index in [2.05, 4.69) is 35.0 Å². The number of hydrogen-bond donors (Lipinski definition) is 1. The van der Waals surface area contributed by atoms with E-state index in [1.54, 1.807) is 18.2 Å². The van der Waals surface area contributed by atoms with Crippen LogP contribution in [0.15, 0.2) is 36.4 Å². The minimum absolute atomic E-state index is 0.263. The molecule has 1 aliphatic rings. The number of carbonyl (C=O) groups is 1. The molecule has 0 aromatic heterocycles. The van der Waals surface area contributed by atoms with Crippen molar-refractivity contribution in [1.82, 2.24) is 4.90 Å². The lowest BCUT2D eigenvalue weighted by Crippen LogP contribution is -2.46. The van der Waals surface area contributed by atoms with Gasteiger partial charge in [0.2, 0.25) is 0 Å². The highest BCUT2D eigenvalue weighted by atomic mass is 35.5. The summed E-state index contributed by atoms with van der Waals surface area (Å²) in [5.41, 5.74) is 3.49. The standard InChI is InChI=1S/C20H23Cl2N3O/c1-3-24-8-10-25(11-9-24)19-7-5-16(12-14(19)2)23-20(26)17-13-15(21)4-6-18(17)22/h4-7,12-13H,3,8-11H2,1-2H3,(H,23,26). The summed E-state index contributed by atoms with van der Waals surface area (Å²) in [5.74, 6) is -0.263. The molecular formula is C20H23Cl2N3O. The third-order valence-electron chi connectivity index (χ3n) is 4.79. The molecule has 2 aromatic carbocycles. The molecule has 1 aliphatic heterocycles. The van der Waals surface area contributed by atoms with Gasteiger partial charge in [-0.25, -0.2) is 0 Å². The third kappa shape index (κ3) is 4.32. The maximum atomic E-state index is 12.5. The van der Waals surface area contributed by atoms with Crippen LogP contribution in [0.4, 0.5) is 11.4 Å². The molecule has 4 nitrogen and oxygen atoms in total. The van der Waals surface area contributed by atoms with Crippen LogP contribution in [-0.2, 0) is 0 Å². The smallest absolute Gasteiger partial charge is 0.257 e. The summed E-state index contributed by atoms with van der Waals surface area (Å²) >= 11 is 12.1. The molecule has 1 amide bonds. The Morgan fingerprint density at radius 1 is 1.08 bits per heavy atom. The van der Waals surface area contributed by atoms with E-state index in [0.717, 1.165) is 44.0 Å². The number of carbonyl (C=O) groups excluding carboxylic acids is 1. The van der Waals surface area contributed by atoms with Gasteiger partial charge in [-0.3, -0.25) is 4.79 Å². The SMILES string of the molecule is CCN1CCN(c2ccc(NC(=O)c3cc(Cl)ccc3Cl)cc2C)CC1. The number of hydrogen-bond acceptors (Lipinski definition) is 3. The van der Waals surface area contributed by atoms with Gasteiger partial charge in [0, 0.05) is 42.6 Å². The quantitative estimate of drug-likeness (QED) is 0.820. The van der Waals surface area contributed by atoms with Gasteiger partial charge in [0.05, 0.1) is 10.6 Å². The van der Waals surface area contributed by atoms with Crippen LogP contribution in [0, 0.1) is 6.92 Å². The van der Waals surface area contributed by atoms with Crippen molar-refractivity contribution in [3.05, 3.63) is 57.6 Å². The Kier molecular flexibility index (Phi) is 6.07. The van der Waals surface area contributed by atoms with Gasteiger partial charge in [-0.2, -0.15) is 0 Å². The molecule has 1 fully saturated rings. The molecule has 0 radical (unpaired) electrons. The van der Waals surface area contributed by atoms with Crippen LogP contribution >= 0.6 is 23.2 Å². The fraction of sp³-hybridized carbons (Fsp3) is 0.350. The van der Waals surface area contributed by atoms with Crippen molar-refractivity contribution in [2.75, 3.05) is 42.9 Å². The van der Waals surface area contributed by atoms with Crippen LogP contribution in [0.1, 0.15) is 22.8 Å². The number of piperazine rings is 1. The largest absolute Gasteiger partial charge is 0.369 e. The number of amides is 1. The van der Waals surface area contributed by atoms with E-state index in [4.69, 9.17) is 23.2 Å². The topological polar surface area (TPSA) is 35.6 Å². The summed E-state index contributed by atoms with van der Waals surface area (Å²) in [4.78, 5) is 17.3. The Morgan fingerprint density at radius 2 is 1.81 bits per heavy atom. The zero-order chi connectivity index (χ0) is 18.7. The number of anilines is 2. The van der Waals surface area contributed by atoms with E-state index in [1.807, 2.05) is 12.1 Å². The lowest BCUT2D eigenvalue weighted by Gasteiger charge is -2.36. The average Bonchev–Trinajstić information content (AvgIpc) is 2.64. The van der Waals surface area contributed by atoms with Crippen molar-refractivity contribution in [3.8, 4) is 0 Å². The summed E-state index contributed by atoms with van der Waals surface area (Å²) in [6.07, 6.45) is 0. The van der Waals surface area contributed by atoms with Crippen molar-refractivity contribution in [2.45, 2.75) is 13.8 Å². The van der Waals surface area contributed by atoms with Gasteiger partial charge in [-0.05, 0) is 55.4 Å². The van der Waals surface area contributed by atoms with E-state index in [0.29, 0.717) is 15.6 Å². The van der Waals surface area contributed by atoms with E-state index < -0.39 is 0 Å². The number of nitrogens with zero attached hydrogens (tertiary/aromatic N) is 2. The molecule has 0 aliphatic carbocycles. The zero-order valence-corrected chi connectivity index (χ0v) is 16.6. The van der Waals surface area contributed by atoms with E-state index in [1.165, 1.54) is 5.69 Å². The van der Waals surface area contributed by atoms with E-state index in [9.17, 15) is 4.79 Å². The predicted octanol–water partition coefficient (Wildman–Crippen LogP) is 4.70. The Labute approximate surface area is 164 Å². The van der Waals surface area contributed by atoms with Crippen LogP contribution in [0.2, 0.25) is 10.0 Å². The van der Waals surface area contributed by atoms with Gasteiger partial charge in [0.25, 0.3) is 5.91 Å². The Bertz CT molecular complexity index is 802. The molecular weight excluding hydrogens is 369 g/mol. The molecule has 6 heteroatoms. The van der Waals surface area contributed by atoms with Gasteiger partial charge >= 0.3 is 0 Å². The van der Waals surface area contributed by atoms with Crippen molar-refractivity contribution >= 4 is 40.5 Å².